The Morgan fingerprint density at radius 2 is 0.658 bits per heavy atom. The third-order valence-electron chi connectivity index (χ3n) is 8.29. The van der Waals surface area contributed by atoms with Gasteiger partial charge in [0.25, 0.3) is 0 Å². The molecule has 0 radical (unpaired) electrons. The predicted octanol–water partition coefficient (Wildman–Crippen LogP) is 13.1. The summed E-state index contributed by atoms with van der Waals surface area (Å²) in [6.07, 6.45) is 40.5. The Balaban J connectivity index is 3.97. The van der Waals surface area contributed by atoms with E-state index in [1.165, 1.54) is 173 Å². The molecule has 2 heteroatoms. The average molecular weight is 537 g/mol. The molecular formula is C36H72O2. The molecule has 0 aliphatic heterocycles. The molecule has 0 saturated carbocycles. The van der Waals surface area contributed by atoms with Crippen LogP contribution in [0.1, 0.15) is 220 Å². The van der Waals surface area contributed by atoms with Crippen LogP contribution in [-0.2, 0) is 9.53 Å². The van der Waals surface area contributed by atoms with Crippen LogP contribution in [0.3, 0.4) is 0 Å². The van der Waals surface area contributed by atoms with E-state index in [1.807, 2.05) is 0 Å². The molecule has 0 aromatic heterocycles. The molecule has 0 N–H and O–H groups in total. The number of rotatable bonds is 32. The Bertz CT molecular complexity index is 447. The van der Waals surface area contributed by atoms with Crippen LogP contribution in [0, 0.1) is 0 Å². The molecule has 0 aliphatic rings. The number of unbranched alkanes of at least 4 members (excludes halogenated alkanes) is 25. The van der Waals surface area contributed by atoms with Crippen molar-refractivity contribution in [3.05, 3.63) is 0 Å². The Kier molecular flexibility index (Phi) is 32.2. The topological polar surface area (TPSA) is 26.3 Å². The number of carbonyl (C=O) groups excluding carboxylic acids is 1. The number of hydrogen-bond donors (Lipinski definition) is 0. The van der Waals surface area contributed by atoms with Crippen LogP contribution in [0.15, 0.2) is 0 Å². The summed E-state index contributed by atoms with van der Waals surface area (Å²) in [7, 11) is 0. The van der Waals surface area contributed by atoms with Gasteiger partial charge >= 0.3 is 5.97 Å². The maximum absolute atomic E-state index is 12.6. The van der Waals surface area contributed by atoms with Crippen molar-refractivity contribution < 1.29 is 9.53 Å². The maximum atomic E-state index is 12.6. The Labute approximate surface area is 241 Å². The normalized spacial score (nSPS) is 12.2. The summed E-state index contributed by atoms with van der Waals surface area (Å²) >= 11 is 0. The quantitative estimate of drug-likeness (QED) is 0.0631. The summed E-state index contributed by atoms with van der Waals surface area (Å²) in [5, 5.41) is 0. The molecule has 2 nitrogen and oxygen atoms in total. The molecule has 0 aromatic rings. The van der Waals surface area contributed by atoms with Gasteiger partial charge in [0.05, 0.1) is 0 Å². The molecule has 0 saturated heterocycles. The van der Waals surface area contributed by atoms with E-state index >= 15 is 0 Å². The van der Waals surface area contributed by atoms with Gasteiger partial charge in [0, 0.05) is 6.42 Å². The van der Waals surface area contributed by atoms with Crippen LogP contribution in [0.5, 0.6) is 0 Å². The van der Waals surface area contributed by atoms with E-state index in [0.717, 1.165) is 19.3 Å². The van der Waals surface area contributed by atoms with Gasteiger partial charge in [-0.05, 0) is 32.1 Å². The second-order valence-electron chi connectivity index (χ2n) is 12.3. The number of carbonyl (C=O) groups is 1. The monoisotopic (exact) mass is 537 g/mol. The maximum Gasteiger partial charge on any atom is 0.306 e. The van der Waals surface area contributed by atoms with E-state index in [-0.39, 0.29) is 12.1 Å². The van der Waals surface area contributed by atoms with Crippen LogP contribution in [-0.4, -0.2) is 12.1 Å². The highest BCUT2D eigenvalue weighted by molar-refractivity contribution is 5.69. The van der Waals surface area contributed by atoms with Crippen molar-refractivity contribution in [1.29, 1.82) is 0 Å². The van der Waals surface area contributed by atoms with E-state index in [4.69, 9.17) is 4.74 Å². The van der Waals surface area contributed by atoms with Crippen LogP contribution in [0.4, 0.5) is 0 Å². The van der Waals surface area contributed by atoms with Gasteiger partial charge in [-0.1, -0.05) is 181 Å². The predicted molar refractivity (Wildman–Crippen MR) is 170 cm³/mol. The smallest absolute Gasteiger partial charge is 0.306 e. The van der Waals surface area contributed by atoms with Gasteiger partial charge in [-0.25, -0.2) is 0 Å². The van der Waals surface area contributed by atoms with Gasteiger partial charge in [-0.3, -0.25) is 4.79 Å². The molecule has 0 aliphatic carbocycles. The summed E-state index contributed by atoms with van der Waals surface area (Å²) < 4.78 is 6.03. The molecule has 228 valence electrons. The highest BCUT2D eigenvalue weighted by Gasteiger charge is 2.14. The van der Waals surface area contributed by atoms with E-state index in [0.29, 0.717) is 6.42 Å². The highest BCUT2D eigenvalue weighted by atomic mass is 16.5. The Morgan fingerprint density at radius 3 is 0.974 bits per heavy atom. The van der Waals surface area contributed by atoms with Gasteiger partial charge in [0.1, 0.15) is 6.10 Å². The van der Waals surface area contributed by atoms with Crippen molar-refractivity contribution in [2.45, 2.75) is 226 Å². The first-order chi connectivity index (χ1) is 18.7. The largest absolute Gasteiger partial charge is 0.462 e. The van der Waals surface area contributed by atoms with Crippen LogP contribution in [0.2, 0.25) is 0 Å². The lowest BCUT2D eigenvalue weighted by atomic mass is 10.0. The first-order valence-corrected chi connectivity index (χ1v) is 17.9. The molecule has 1 unspecified atom stereocenters. The van der Waals surface area contributed by atoms with E-state index in [2.05, 4.69) is 20.8 Å². The van der Waals surface area contributed by atoms with Crippen molar-refractivity contribution in [1.82, 2.24) is 0 Å². The second kappa shape index (κ2) is 32.7. The fraction of sp³-hybridized carbons (Fsp3) is 0.972. The van der Waals surface area contributed by atoms with Gasteiger partial charge in [-0.15, -0.1) is 0 Å². The van der Waals surface area contributed by atoms with E-state index in [1.54, 1.807) is 0 Å². The number of esters is 1. The minimum absolute atomic E-state index is 0.0703. The van der Waals surface area contributed by atoms with Crippen molar-refractivity contribution >= 4 is 5.97 Å². The third-order valence-corrected chi connectivity index (χ3v) is 8.29. The lowest BCUT2D eigenvalue weighted by molar-refractivity contribution is -0.150. The number of hydrogen-bond acceptors (Lipinski definition) is 2. The molecule has 0 fully saturated rings. The summed E-state index contributed by atoms with van der Waals surface area (Å²) in [4.78, 5) is 12.6. The molecule has 0 spiro atoms. The van der Waals surface area contributed by atoms with Crippen molar-refractivity contribution in [2.24, 2.45) is 0 Å². The first-order valence-electron chi connectivity index (χ1n) is 17.9. The summed E-state index contributed by atoms with van der Waals surface area (Å²) in [6, 6.07) is 0. The third kappa shape index (κ3) is 30.0. The zero-order chi connectivity index (χ0) is 27.8. The Morgan fingerprint density at radius 1 is 0.395 bits per heavy atom. The summed E-state index contributed by atoms with van der Waals surface area (Å²) in [6.45, 7) is 6.85. The standard InChI is InChI=1S/C36H72O2/c1-4-7-10-13-16-18-20-22-25-28-31-34-36(37)38-35(32-29-26-23-15-12-9-6-3)33-30-27-24-21-19-17-14-11-8-5-2/h35H,4-34H2,1-3H3. The van der Waals surface area contributed by atoms with E-state index in [9.17, 15) is 4.79 Å². The zero-order valence-electron chi connectivity index (χ0n) is 26.8. The van der Waals surface area contributed by atoms with Crippen LogP contribution in [0.25, 0.3) is 0 Å². The Hall–Kier alpha value is -0.530. The lowest BCUT2D eigenvalue weighted by Crippen LogP contribution is -2.18. The van der Waals surface area contributed by atoms with Crippen LogP contribution >= 0.6 is 0 Å². The SMILES string of the molecule is CCCCCCCCCCCCCC(=O)OC(CCCCCCCCC)CCCCCCCCCCCC. The van der Waals surface area contributed by atoms with Crippen LogP contribution < -0.4 is 0 Å². The van der Waals surface area contributed by atoms with Crippen molar-refractivity contribution in [3.63, 3.8) is 0 Å². The van der Waals surface area contributed by atoms with Gasteiger partial charge in [0.15, 0.2) is 0 Å². The van der Waals surface area contributed by atoms with E-state index < -0.39 is 0 Å². The molecular weight excluding hydrogens is 464 g/mol. The first kappa shape index (κ1) is 37.5. The molecule has 1 atom stereocenters. The second-order valence-corrected chi connectivity index (χ2v) is 12.3. The fourth-order valence-electron chi connectivity index (χ4n) is 5.63. The van der Waals surface area contributed by atoms with Gasteiger partial charge in [-0.2, -0.15) is 0 Å². The minimum Gasteiger partial charge on any atom is -0.462 e. The highest BCUT2D eigenvalue weighted by Crippen LogP contribution is 2.19. The molecule has 38 heavy (non-hydrogen) atoms. The molecule has 0 rings (SSSR count). The average Bonchev–Trinajstić information content (AvgIpc) is 2.92. The molecule has 0 bridgehead atoms. The molecule has 0 heterocycles. The zero-order valence-corrected chi connectivity index (χ0v) is 26.8. The number of ether oxygens (including phenoxy) is 1. The molecule has 0 aromatic carbocycles. The van der Waals surface area contributed by atoms with Crippen molar-refractivity contribution in [2.75, 3.05) is 0 Å². The van der Waals surface area contributed by atoms with Gasteiger partial charge < -0.3 is 4.74 Å². The molecule has 0 amide bonds. The summed E-state index contributed by atoms with van der Waals surface area (Å²) in [5.74, 6) is 0.0703. The lowest BCUT2D eigenvalue weighted by Gasteiger charge is -2.18. The summed E-state index contributed by atoms with van der Waals surface area (Å²) in [5.41, 5.74) is 0. The van der Waals surface area contributed by atoms with Crippen molar-refractivity contribution in [3.8, 4) is 0 Å². The minimum atomic E-state index is 0.0703. The van der Waals surface area contributed by atoms with Gasteiger partial charge in [0.2, 0.25) is 0 Å². The fourth-order valence-corrected chi connectivity index (χ4v) is 5.63.